The maximum Gasteiger partial charge on any atom is 0.150 e. The Morgan fingerprint density at radius 2 is 1.25 bits per heavy atom. The molecule has 4 aromatic carbocycles. The largest absolute Gasteiger partial charge is 0.489 e. The molecule has 0 saturated carbocycles. The molecule has 6 rings (SSSR count). The standard InChI is InChI=1S/C17H13FO3.C16H13FO2/c18-14-4-2-12(3-5-14)17-13(9-20)10-21-16-6-1-11(8-19)7-15(16)17;17-13-4-2-12(3-5-13)14-7-8-19-16-6-1-11(10-18)9-15(14)16/h1-7,9,19H,8,10H2;1-7,9,18H,8,10H2. The van der Waals surface area contributed by atoms with E-state index in [1.807, 2.05) is 24.3 Å². The number of fused-ring (bicyclic) bond motifs is 2. The van der Waals surface area contributed by atoms with Crippen LogP contribution in [-0.2, 0) is 18.0 Å². The molecule has 0 atom stereocenters. The van der Waals surface area contributed by atoms with Crippen molar-refractivity contribution in [3.63, 3.8) is 0 Å². The molecule has 202 valence electrons. The van der Waals surface area contributed by atoms with E-state index in [-0.39, 0.29) is 31.5 Å². The zero-order valence-electron chi connectivity index (χ0n) is 21.4. The van der Waals surface area contributed by atoms with Crippen molar-refractivity contribution in [3.05, 3.63) is 142 Å². The molecular formula is C33H26F2O5. The van der Waals surface area contributed by atoms with E-state index < -0.39 is 0 Å². The van der Waals surface area contributed by atoms with Gasteiger partial charge in [0.2, 0.25) is 0 Å². The quantitative estimate of drug-likeness (QED) is 0.311. The first-order chi connectivity index (χ1) is 19.5. The first-order valence-corrected chi connectivity index (χ1v) is 12.6. The Kier molecular flexibility index (Phi) is 8.15. The molecular weight excluding hydrogens is 514 g/mol. The van der Waals surface area contributed by atoms with Gasteiger partial charge >= 0.3 is 0 Å². The molecule has 7 heteroatoms. The summed E-state index contributed by atoms with van der Waals surface area (Å²) in [5, 5.41) is 18.5. The number of halogens is 2. The molecule has 4 aromatic rings. The third-order valence-electron chi connectivity index (χ3n) is 6.67. The van der Waals surface area contributed by atoms with Crippen molar-refractivity contribution in [1.82, 2.24) is 0 Å². The summed E-state index contributed by atoms with van der Waals surface area (Å²) in [5.41, 5.74) is 7.16. The fourth-order valence-corrected chi connectivity index (χ4v) is 4.69. The number of aldehydes is 1. The lowest BCUT2D eigenvalue weighted by molar-refractivity contribution is -0.105. The van der Waals surface area contributed by atoms with Crippen LogP contribution in [0.4, 0.5) is 8.78 Å². The lowest BCUT2D eigenvalue weighted by Crippen LogP contribution is -2.13. The molecule has 0 saturated heterocycles. The van der Waals surface area contributed by atoms with Crippen LogP contribution in [0.15, 0.2) is 96.6 Å². The predicted octanol–water partition coefficient (Wildman–Crippen LogP) is 5.85. The highest BCUT2D eigenvalue weighted by Gasteiger charge is 2.22. The first-order valence-electron chi connectivity index (χ1n) is 12.6. The maximum absolute atomic E-state index is 13.1. The smallest absolute Gasteiger partial charge is 0.150 e. The molecule has 2 aliphatic heterocycles. The molecule has 0 unspecified atom stereocenters. The minimum absolute atomic E-state index is 0.00994. The number of carbonyl (C=O) groups is 1. The summed E-state index contributed by atoms with van der Waals surface area (Å²) in [6.07, 6.45) is 2.73. The first kappa shape index (κ1) is 27.0. The highest BCUT2D eigenvalue weighted by molar-refractivity contribution is 5.97. The molecule has 40 heavy (non-hydrogen) atoms. The third-order valence-corrected chi connectivity index (χ3v) is 6.67. The summed E-state index contributed by atoms with van der Waals surface area (Å²) in [4.78, 5) is 11.3. The van der Waals surface area contributed by atoms with Gasteiger partial charge < -0.3 is 19.7 Å². The average Bonchev–Trinajstić information content (AvgIpc) is 3.01. The van der Waals surface area contributed by atoms with Gasteiger partial charge in [0.25, 0.3) is 0 Å². The van der Waals surface area contributed by atoms with Crippen LogP contribution in [0.25, 0.3) is 11.1 Å². The Balaban J connectivity index is 0.000000162. The van der Waals surface area contributed by atoms with Gasteiger partial charge in [-0.05, 0) is 82.4 Å². The number of benzene rings is 4. The monoisotopic (exact) mass is 540 g/mol. The van der Waals surface area contributed by atoms with Gasteiger partial charge in [-0.1, -0.05) is 36.4 Å². The van der Waals surface area contributed by atoms with Gasteiger partial charge in [0.1, 0.15) is 42.6 Å². The van der Waals surface area contributed by atoms with Crippen molar-refractivity contribution in [2.24, 2.45) is 0 Å². The van der Waals surface area contributed by atoms with Crippen LogP contribution >= 0.6 is 0 Å². The normalized spacial score (nSPS) is 13.6. The van der Waals surface area contributed by atoms with Gasteiger partial charge in [-0.3, -0.25) is 4.79 Å². The topological polar surface area (TPSA) is 76.0 Å². The van der Waals surface area contributed by atoms with Crippen LogP contribution < -0.4 is 9.47 Å². The number of aliphatic hydroxyl groups excluding tert-OH is 2. The number of hydrogen-bond donors (Lipinski definition) is 2. The van der Waals surface area contributed by atoms with E-state index in [9.17, 15) is 23.8 Å². The molecule has 0 amide bonds. The number of aliphatic hydroxyl groups is 2. The Morgan fingerprint density at radius 3 is 1.82 bits per heavy atom. The second-order valence-corrected chi connectivity index (χ2v) is 9.23. The third kappa shape index (κ3) is 5.71. The van der Waals surface area contributed by atoms with E-state index in [2.05, 4.69) is 0 Å². The molecule has 2 aliphatic rings. The number of hydrogen-bond acceptors (Lipinski definition) is 5. The SMILES string of the molecule is O=CC1=C(c2ccc(F)cc2)c2cc(CO)ccc2OC1.OCc1ccc2c(c1)C(c1ccc(F)cc1)=CCO2. The Hall–Kier alpha value is -4.59. The lowest BCUT2D eigenvalue weighted by atomic mass is 9.90. The van der Waals surface area contributed by atoms with Crippen LogP contribution in [0.2, 0.25) is 0 Å². The summed E-state index contributed by atoms with van der Waals surface area (Å²) in [6.45, 7) is 0.574. The number of carbonyl (C=O) groups excluding carboxylic acids is 1. The van der Waals surface area contributed by atoms with Crippen molar-refractivity contribution in [2.45, 2.75) is 13.2 Å². The zero-order chi connectivity index (χ0) is 28.1. The molecule has 2 N–H and O–H groups in total. The number of ether oxygens (including phenoxy) is 2. The molecule has 0 fully saturated rings. The highest BCUT2D eigenvalue weighted by atomic mass is 19.1. The fourth-order valence-electron chi connectivity index (χ4n) is 4.69. The highest BCUT2D eigenvalue weighted by Crippen LogP contribution is 2.38. The van der Waals surface area contributed by atoms with Crippen LogP contribution in [0.5, 0.6) is 11.5 Å². The molecule has 5 nitrogen and oxygen atoms in total. The Bertz CT molecular complexity index is 1590. The molecule has 0 aromatic heterocycles. The van der Waals surface area contributed by atoms with E-state index in [1.165, 1.54) is 24.3 Å². The summed E-state index contributed by atoms with van der Waals surface area (Å²) < 4.78 is 37.2. The minimum atomic E-state index is -0.330. The lowest BCUT2D eigenvalue weighted by Gasteiger charge is -2.22. The minimum Gasteiger partial charge on any atom is -0.489 e. The molecule has 0 radical (unpaired) electrons. The maximum atomic E-state index is 13.1. The van der Waals surface area contributed by atoms with E-state index >= 15 is 0 Å². The van der Waals surface area contributed by atoms with Crippen molar-refractivity contribution >= 4 is 17.4 Å². The van der Waals surface area contributed by atoms with E-state index in [0.29, 0.717) is 17.9 Å². The fraction of sp³-hybridized carbons (Fsp3) is 0.121. The second kappa shape index (κ2) is 12.1. The molecule has 0 spiro atoms. The number of rotatable bonds is 5. The Labute approximate surface area is 230 Å². The van der Waals surface area contributed by atoms with E-state index in [1.54, 1.807) is 42.5 Å². The summed E-state index contributed by atoms with van der Waals surface area (Å²) in [6, 6.07) is 23.3. The van der Waals surface area contributed by atoms with Gasteiger partial charge in [-0.25, -0.2) is 8.78 Å². The van der Waals surface area contributed by atoms with Gasteiger partial charge in [0.05, 0.1) is 13.2 Å². The summed E-state index contributed by atoms with van der Waals surface area (Å²) in [5.74, 6) is 0.861. The van der Waals surface area contributed by atoms with Crippen molar-refractivity contribution < 1.29 is 33.3 Å². The van der Waals surface area contributed by atoms with Gasteiger partial charge in [0, 0.05) is 22.3 Å². The van der Waals surface area contributed by atoms with E-state index in [0.717, 1.165) is 56.6 Å². The molecule has 0 aliphatic carbocycles. The van der Waals surface area contributed by atoms with Crippen LogP contribution in [0.3, 0.4) is 0 Å². The second-order valence-electron chi connectivity index (χ2n) is 9.23. The summed E-state index contributed by atoms with van der Waals surface area (Å²) >= 11 is 0. The predicted molar refractivity (Wildman–Crippen MR) is 148 cm³/mol. The van der Waals surface area contributed by atoms with Gasteiger partial charge in [0.15, 0.2) is 0 Å². The molecule has 2 heterocycles. The van der Waals surface area contributed by atoms with Crippen molar-refractivity contribution in [1.29, 1.82) is 0 Å². The average molecular weight is 541 g/mol. The van der Waals surface area contributed by atoms with Crippen molar-refractivity contribution in [3.8, 4) is 11.5 Å². The molecule has 0 bridgehead atoms. The Morgan fingerprint density at radius 1 is 0.700 bits per heavy atom. The summed E-state index contributed by atoms with van der Waals surface area (Å²) in [7, 11) is 0. The van der Waals surface area contributed by atoms with Gasteiger partial charge in [-0.15, -0.1) is 0 Å². The van der Waals surface area contributed by atoms with Crippen LogP contribution in [-0.4, -0.2) is 29.7 Å². The van der Waals surface area contributed by atoms with Crippen LogP contribution in [0, 0.1) is 11.6 Å². The van der Waals surface area contributed by atoms with Crippen LogP contribution in [0.1, 0.15) is 33.4 Å². The zero-order valence-corrected chi connectivity index (χ0v) is 21.4. The van der Waals surface area contributed by atoms with Crippen molar-refractivity contribution in [2.75, 3.05) is 13.2 Å². The van der Waals surface area contributed by atoms with E-state index in [4.69, 9.17) is 9.47 Å². The van der Waals surface area contributed by atoms with Gasteiger partial charge in [-0.2, -0.15) is 0 Å².